The number of rotatable bonds is 9. The summed E-state index contributed by atoms with van der Waals surface area (Å²) < 4.78 is 42.9. The number of methoxy groups -OCH3 is 3. The van der Waals surface area contributed by atoms with Crippen LogP contribution in [0.2, 0.25) is 0 Å². The van der Waals surface area contributed by atoms with Crippen LogP contribution in [0.1, 0.15) is 6.92 Å². The molecule has 3 N–H and O–H groups in total. The van der Waals surface area contributed by atoms with Crippen LogP contribution in [0.4, 0.5) is 5.95 Å². The third kappa shape index (κ3) is 5.15. The van der Waals surface area contributed by atoms with Gasteiger partial charge in [-0.3, -0.25) is 15.2 Å². The number of benzene rings is 2. The van der Waals surface area contributed by atoms with Crippen molar-refractivity contribution in [3.05, 3.63) is 42.5 Å². The van der Waals surface area contributed by atoms with Crippen molar-refractivity contribution in [3.63, 3.8) is 0 Å². The Morgan fingerprint density at radius 2 is 1.66 bits per heavy atom. The van der Waals surface area contributed by atoms with E-state index < -0.39 is 22.0 Å². The van der Waals surface area contributed by atoms with Gasteiger partial charge in [0.15, 0.2) is 5.82 Å². The van der Waals surface area contributed by atoms with Gasteiger partial charge in [0.25, 0.3) is 0 Å². The minimum absolute atomic E-state index is 0.00438. The summed E-state index contributed by atoms with van der Waals surface area (Å²) in [4.78, 5) is 16.7. The van der Waals surface area contributed by atoms with Gasteiger partial charge in [-0.2, -0.15) is 9.71 Å². The minimum atomic E-state index is -3.92. The number of H-pyrrole nitrogens is 1. The number of hydrogen-bond donors (Lipinski definition) is 3. The fourth-order valence-corrected chi connectivity index (χ4v) is 3.96. The van der Waals surface area contributed by atoms with E-state index in [2.05, 4.69) is 25.2 Å². The molecule has 0 aliphatic carbocycles. The summed E-state index contributed by atoms with van der Waals surface area (Å²) in [7, 11) is 0.611. The normalized spacial score (nSPS) is 12.1. The zero-order valence-electron chi connectivity index (χ0n) is 17.9. The van der Waals surface area contributed by atoms with Gasteiger partial charge in [-0.05, 0) is 43.3 Å². The summed E-state index contributed by atoms with van der Waals surface area (Å²) >= 11 is 0. The Morgan fingerprint density at radius 3 is 2.28 bits per heavy atom. The van der Waals surface area contributed by atoms with Gasteiger partial charge in [-0.25, -0.2) is 8.42 Å². The molecule has 0 saturated carbocycles. The van der Waals surface area contributed by atoms with Crippen molar-refractivity contribution >= 4 is 21.9 Å². The molecular formula is C20H23N5O6S. The predicted octanol–water partition coefficient (Wildman–Crippen LogP) is 1.80. The number of sulfonamides is 1. The molecule has 3 aromatic rings. The van der Waals surface area contributed by atoms with Crippen LogP contribution in [0.25, 0.3) is 11.4 Å². The standard InChI is InChI=1S/C20H23N5O6S/c1-12(25-32(27,28)15-8-5-13(29-2)6-9-15)19(26)22-20-21-18(23-24-20)16-10-7-14(30-3)11-17(16)31-4/h5-12,25H,1-4H3,(H2,21,22,23,24,26)/t12-/m0/s1. The van der Waals surface area contributed by atoms with E-state index in [-0.39, 0.29) is 10.8 Å². The highest BCUT2D eigenvalue weighted by molar-refractivity contribution is 7.89. The van der Waals surface area contributed by atoms with Gasteiger partial charge in [0.1, 0.15) is 17.2 Å². The van der Waals surface area contributed by atoms with Gasteiger partial charge >= 0.3 is 0 Å². The van der Waals surface area contributed by atoms with Crippen molar-refractivity contribution in [2.75, 3.05) is 26.6 Å². The maximum absolute atomic E-state index is 12.5. The molecule has 0 saturated heterocycles. The van der Waals surface area contributed by atoms with E-state index in [0.29, 0.717) is 28.6 Å². The van der Waals surface area contributed by atoms with Crippen LogP contribution < -0.4 is 24.2 Å². The van der Waals surface area contributed by atoms with E-state index >= 15 is 0 Å². The van der Waals surface area contributed by atoms with Crippen LogP contribution in [0, 0.1) is 0 Å². The first kappa shape index (κ1) is 23.0. The molecule has 1 amide bonds. The van der Waals surface area contributed by atoms with Crippen LogP contribution in [-0.4, -0.2) is 56.9 Å². The Hall–Kier alpha value is -3.64. The monoisotopic (exact) mass is 461 g/mol. The van der Waals surface area contributed by atoms with E-state index in [1.54, 1.807) is 25.3 Å². The largest absolute Gasteiger partial charge is 0.497 e. The lowest BCUT2D eigenvalue weighted by Gasteiger charge is -2.13. The number of nitrogens with zero attached hydrogens (tertiary/aromatic N) is 2. The lowest BCUT2D eigenvalue weighted by atomic mass is 10.2. The Kier molecular flexibility index (Phi) is 6.95. The highest BCUT2D eigenvalue weighted by Crippen LogP contribution is 2.31. The first-order valence-corrected chi connectivity index (χ1v) is 10.9. The molecule has 0 spiro atoms. The summed E-state index contributed by atoms with van der Waals surface area (Å²) in [6.07, 6.45) is 0. The molecule has 0 bridgehead atoms. The zero-order valence-corrected chi connectivity index (χ0v) is 18.7. The molecule has 12 heteroatoms. The zero-order chi connectivity index (χ0) is 23.3. The Labute approximate surface area is 185 Å². The average Bonchev–Trinajstić information content (AvgIpc) is 3.26. The summed E-state index contributed by atoms with van der Waals surface area (Å²) in [5, 5.41) is 9.16. The van der Waals surface area contributed by atoms with Crippen LogP contribution >= 0.6 is 0 Å². The Balaban J connectivity index is 1.69. The van der Waals surface area contributed by atoms with E-state index in [4.69, 9.17) is 14.2 Å². The van der Waals surface area contributed by atoms with Crippen molar-refractivity contribution in [1.82, 2.24) is 19.9 Å². The van der Waals surface area contributed by atoms with Crippen LogP contribution in [-0.2, 0) is 14.8 Å². The van der Waals surface area contributed by atoms with Gasteiger partial charge < -0.3 is 14.2 Å². The smallest absolute Gasteiger partial charge is 0.249 e. The van der Waals surface area contributed by atoms with Gasteiger partial charge in [-0.1, -0.05) is 0 Å². The first-order chi connectivity index (χ1) is 15.3. The molecule has 0 aliphatic heterocycles. The number of amides is 1. The van der Waals surface area contributed by atoms with Gasteiger partial charge in [0.05, 0.1) is 37.8 Å². The quantitative estimate of drug-likeness (QED) is 0.437. The number of ether oxygens (including phenoxy) is 3. The topological polar surface area (TPSA) is 145 Å². The molecular weight excluding hydrogens is 438 g/mol. The highest BCUT2D eigenvalue weighted by Gasteiger charge is 2.23. The average molecular weight is 462 g/mol. The summed E-state index contributed by atoms with van der Waals surface area (Å²) in [6, 6.07) is 9.87. The van der Waals surface area contributed by atoms with Gasteiger partial charge in [-0.15, -0.1) is 5.10 Å². The van der Waals surface area contributed by atoms with Crippen LogP contribution in [0.5, 0.6) is 17.2 Å². The lowest BCUT2D eigenvalue weighted by Crippen LogP contribution is -2.41. The molecule has 0 radical (unpaired) electrons. The molecule has 1 aromatic heterocycles. The Bertz CT molecular complexity index is 1190. The fraction of sp³-hybridized carbons (Fsp3) is 0.250. The number of hydrogen-bond acceptors (Lipinski definition) is 8. The molecule has 1 atom stereocenters. The third-order valence-corrected chi connectivity index (χ3v) is 6.04. The maximum Gasteiger partial charge on any atom is 0.249 e. The van der Waals surface area contributed by atoms with E-state index in [1.807, 2.05) is 0 Å². The van der Waals surface area contributed by atoms with Crippen LogP contribution in [0.3, 0.4) is 0 Å². The van der Waals surface area contributed by atoms with Crippen molar-refractivity contribution in [2.45, 2.75) is 17.9 Å². The predicted molar refractivity (Wildman–Crippen MR) is 116 cm³/mol. The number of aromatic nitrogens is 3. The van der Waals surface area contributed by atoms with Crippen molar-refractivity contribution < 1.29 is 27.4 Å². The maximum atomic E-state index is 12.5. The molecule has 32 heavy (non-hydrogen) atoms. The molecule has 0 aliphatic rings. The summed E-state index contributed by atoms with van der Waals surface area (Å²) in [5.41, 5.74) is 0.606. The SMILES string of the molecule is COc1ccc(S(=O)(=O)N[C@@H](C)C(=O)Nc2n[nH]c(-c3ccc(OC)cc3OC)n2)cc1. The van der Waals surface area contributed by atoms with Crippen molar-refractivity contribution in [3.8, 4) is 28.6 Å². The second-order valence-corrected chi connectivity index (χ2v) is 8.30. The summed E-state index contributed by atoms with van der Waals surface area (Å²) in [6.45, 7) is 1.41. The van der Waals surface area contributed by atoms with E-state index in [1.165, 1.54) is 45.4 Å². The molecule has 2 aromatic carbocycles. The first-order valence-electron chi connectivity index (χ1n) is 9.39. The van der Waals surface area contributed by atoms with Crippen molar-refractivity contribution in [1.29, 1.82) is 0 Å². The minimum Gasteiger partial charge on any atom is -0.497 e. The molecule has 170 valence electrons. The second-order valence-electron chi connectivity index (χ2n) is 6.58. The summed E-state index contributed by atoms with van der Waals surface area (Å²) in [5.74, 6) is 1.33. The molecule has 11 nitrogen and oxygen atoms in total. The third-order valence-electron chi connectivity index (χ3n) is 4.48. The van der Waals surface area contributed by atoms with E-state index in [0.717, 1.165) is 0 Å². The molecule has 0 fully saturated rings. The van der Waals surface area contributed by atoms with Crippen molar-refractivity contribution in [2.24, 2.45) is 0 Å². The van der Waals surface area contributed by atoms with Gasteiger partial charge in [0.2, 0.25) is 21.9 Å². The van der Waals surface area contributed by atoms with E-state index in [9.17, 15) is 13.2 Å². The number of anilines is 1. The number of carbonyl (C=O) groups is 1. The molecule has 3 rings (SSSR count). The Morgan fingerprint density at radius 1 is 1.00 bits per heavy atom. The fourth-order valence-electron chi connectivity index (χ4n) is 2.76. The number of aromatic amines is 1. The molecule has 0 unspecified atom stereocenters. The van der Waals surface area contributed by atoms with Gasteiger partial charge in [0, 0.05) is 6.07 Å². The molecule has 1 heterocycles. The number of nitrogens with one attached hydrogen (secondary N) is 3. The second kappa shape index (κ2) is 9.66. The highest BCUT2D eigenvalue weighted by atomic mass is 32.2. The number of carbonyl (C=O) groups excluding carboxylic acids is 1. The lowest BCUT2D eigenvalue weighted by molar-refractivity contribution is -0.117. The van der Waals surface area contributed by atoms with Crippen LogP contribution in [0.15, 0.2) is 47.4 Å².